The van der Waals surface area contributed by atoms with Crippen molar-refractivity contribution < 1.29 is 9.53 Å². The fourth-order valence-corrected chi connectivity index (χ4v) is 4.13. The molecule has 0 amide bonds. The number of fused-ring (bicyclic) bond motifs is 2. The average molecular weight is 256 g/mol. The van der Waals surface area contributed by atoms with Gasteiger partial charge in [-0.05, 0) is 48.3 Å². The fraction of sp³-hybridized carbons (Fsp3) is 0.588. The molecule has 3 aliphatic rings. The highest BCUT2D eigenvalue weighted by molar-refractivity contribution is 5.84. The molecule has 2 atom stereocenters. The lowest BCUT2D eigenvalue weighted by Crippen LogP contribution is -2.07. The normalized spacial score (nSPS) is 30.6. The molecule has 2 saturated carbocycles. The van der Waals surface area contributed by atoms with Gasteiger partial charge in [0.2, 0.25) is 0 Å². The van der Waals surface area contributed by atoms with Gasteiger partial charge in [0.25, 0.3) is 0 Å². The number of rotatable bonds is 4. The number of Topliss-reactive ketones (excluding diaryl/α,β-unsaturated/α-hetero) is 1. The maximum atomic E-state index is 12.2. The second kappa shape index (κ2) is 4.36. The highest BCUT2D eigenvalue weighted by Crippen LogP contribution is 2.58. The van der Waals surface area contributed by atoms with Gasteiger partial charge in [0.15, 0.2) is 0 Å². The summed E-state index contributed by atoms with van der Waals surface area (Å²) in [6.07, 6.45) is 6.61. The number of ketones is 1. The lowest BCUT2D eigenvalue weighted by atomic mass is 9.99. The summed E-state index contributed by atoms with van der Waals surface area (Å²) in [7, 11) is 0. The van der Waals surface area contributed by atoms with Gasteiger partial charge in [-0.25, -0.2) is 0 Å². The van der Waals surface area contributed by atoms with E-state index in [1.807, 2.05) is 0 Å². The van der Waals surface area contributed by atoms with Crippen molar-refractivity contribution in [3.63, 3.8) is 0 Å². The third kappa shape index (κ3) is 1.98. The number of carbonyl (C=O) groups excluding carboxylic acids is 1. The Morgan fingerprint density at radius 2 is 2.11 bits per heavy atom. The van der Waals surface area contributed by atoms with Gasteiger partial charge >= 0.3 is 0 Å². The van der Waals surface area contributed by atoms with Gasteiger partial charge in [-0.1, -0.05) is 18.6 Å². The molecule has 1 aliphatic heterocycles. The maximum absolute atomic E-state index is 12.2. The first kappa shape index (κ1) is 11.5. The summed E-state index contributed by atoms with van der Waals surface area (Å²) in [5.74, 6) is 3.52. The Balaban J connectivity index is 1.36. The Morgan fingerprint density at radius 3 is 2.95 bits per heavy atom. The van der Waals surface area contributed by atoms with E-state index in [-0.39, 0.29) is 0 Å². The molecule has 0 saturated heterocycles. The minimum absolute atomic E-state index is 0.437. The first-order chi connectivity index (χ1) is 9.33. The van der Waals surface area contributed by atoms with E-state index < -0.39 is 0 Å². The predicted octanol–water partition coefficient (Wildman–Crippen LogP) is 3.17. The second-order valence-corrected chi connectivity index (χ2v) is 6.29. The predicted molar refractivity (Wildman–Crippen MR) is 73.3 cm³/mol. The molecule has 2 aliphatic carbocycles. The Hall–Kier alpha value is -1.31. The molecule has 0 spiro atoms. The van der Waals surface area contributed by atoms with Crippen LogP contribution in [0.2, 0.25) is 0 Å². The molecule has 100 valence electrons. The summed E-state index contributed by atoms with van der Waals surface area (Å²) in [6, 6.07) is 6.41. The zero-order valence-electron chi connectivity index (χ0n) is 11.2. The van der Waals surface area contributed by atoms with E-state index in [4.69, 9.17) is 4.74 Å². The molecule has 2 fully saturated rings. The Kier molecular flexibility index (Phi) is 2.64. The first-order valence-corrected chi connectivity index (χ1v) is 7.60. The number of benzene rings is 1. The smallest absolute Gasteiger partial charge is 0.136 e. The molecule has 1 aromatic carbocycles. The van der Waals surface area contributed by atoms with Crippen LogP contribution in [0, 0.1) is 17.8 Å². The minimum atomic E-state index is 0.437. The summed E-state index contributed by atoms with van der Waals surface area (Å²) >= 11 is 0. The fourth-order valence-electron chi connectivity index (χ4n) is 4.13. The molecular weight excluding hydrogens is 236 g/mol. The van der Waals surface area contributed by atoms with Gasteiger partial charge in [-0.15, -0.1) is 0 Å². The van der Waals surface area contributed by atoms with Gasteiger partial charge < -0.3 is 4.74 Å². The lowest BCUT2D eigenvalue weighted by molar-refractivity contribution is -0.120. The van der Waals surface area contributed by atoms with Crippen LogP contribution in [-0.2, 0) is 17.6 Å². The van der Waals surface area contributed by atoms with Crippen LogP contribution in [0.4, 0.5) is 0 Å². The molecule has 4 rings (SSSR count). The van der Waals surface area contributed by atoms with Crippen molar-refractivity contribution in [2.75, 3.05) is 6.61 Å². The summed E-state index contributed by atoms with van der Waals surface area (Å²) in [4.78, 5) is 12.2. The largest absolute Gasteiger partial charge is 0.493 e. The molecule has 0 aromatic heterocycles. The molecule has 2 unspecified atom stereocenters. The van der Waals surface area contributed by atoms with E-state index in [2.05, 4.69) is 18.2 Å². The highest BCUT2D eigenvalue weighted by Gasteiger charge is 2.55. The number of ether oxygens (including phenoxy) is 1. The molecule has 2 nitrogen and oxygen atoms in total. The summed E-state index contributed by atoms with van der Waals surface area (Å²) < 4.78 is 5.51. The second-order valence-electron chi connectivity index (χ2n) is 6.29. The molecule has 0 N–H and O–H groups in total. The molecule has 0 radical (unpaired) electrons. The molecule has 1 heterocycles. The molecular formula is C17H20O2. The van der Waals surface area contributed by atoms with E-state index in [0.717, 1.165) is 43.5 Å². The number of carbonyl (C=O) groups is 1. The third-order valence-electron chi connectivity index (χ3n) is 5.19. The van der Waals surface area contributed by atoms with Crippen molar-refractivity contribution >= 4 is 5.78 Å². The summed E-state index contributed by atoms with van der Waals surface area (Å²) in [5.41, 5.74) is 2.61. The van der Waals surface area contributed by atoms with E-state index in [0.29, 0.717) is 11.7 Å². The zero-order chi connectivity index (χ0) is 12.8. The van der Waals surface area contributed by atoms with Gasteiger partial charge in [0.05, 0.1) is 6.61 Å². The van der Waals surface area contributed by atoms with Crippen LogP contribution < -0.4 is 4.74 Å². The third-order valence-corrected chi connectivity index (χ3v) is 5.19. The first-order valence-electron chi connectivity index (χ1n) is 7.60. The lowest BCUT2D eigenvalue weighted by Gasteiger charge is -2.05. The van der Waals surface area contributed by atoms with Crippen molar-refractivity contribution in [3.05, 3.63) is 29.3 Å². The van der Waals surface area contributed by atoms with E-state index in [1.165, 1.54) is 30.4 Å². The number of aryl methyl sites for hydroxylation is 1. The topological polar surface area (TPSA) is 26.3 Å². The van der Waals surface area contributed by atoms with E-state index in [9.17, 15) is 4.79 Å². The molecule has 2 heteroatoms. The summed E-state index contributed by atoms with van der Waals surface area (Å²) in [6.45, 7) is 0.809. The van der Waals surface area contributed by atoms with Crippen molar-refractivity contribution in [1.29, 1.82) is 0 Å². The van der Waals surface area contributed by atoms with E-state index in [1.54, 1.807) is 0 Å². The Morgan fingerprint density at radius 1 is 1.26 bits per heavy atom. The molecule has 19 heavy (non-hydrogen) atoms. The van der Waals surface area contributed by atoms with Gasteiger partial charge in [0, 0.05) is 18.8 Å². The van der Waals surface area contributed by atoms with Gasteiger partial charge in [-0.3, -0.25) is 4.79 Å². The van der Waals surface area contributed by atoms with Crippen LogP contribution in [0.25, 0.3) is 0 Å². The van der Waals surface area contributed by atoms with Crippen LogP contribution >= 0.6 is 0 Å². The zero-order valence-corrected chi connectivity index (χ0v) is 11.2. The molecule has 1 aromatic rings. The van der Waals surface area contributed by atoms with Crippen molar-refractivity contribution in [3.8, 4) is 5.75 Å². The van der Waals surface area contributed by atoms with Crippen LogP contribution in [0.15, 0.2) is 18.2 Å². The highest BCUT2D eigenvalue weighted by atomic mass is 16.5. The average Bonchev–Trinajstić information content (AvgIpc) is 2.85. The van der Waals surface area contributed by atoms with Crippen LogP contribution in [-0.4, -0.2) is 12.4 Å². The van der Waals surface area contributed by atoms with Gasteiger partial charge in [0.1, 0.15) is 11.5 Å². The van der Waals surface area contributed by atoms with Gasteiger partial charge in [-0.2, -0.15) is 0 Å². The quantitative estimate of drug-likeness (QED) is 0.827. The van der Waals surface area contributed by atoms with Crippen LogP contribution in [0.5, 0.6) is 5.75 Å². The number of hydrogen-bond donors (Lipinski definition) is 0. The summed E-state index contributed by atoms with van der Waals surface area (Å²) in [5, 5.41) is 0. The monoisotopic (exact) mass is 256 g/mol. The van der Waals surface area contributed by atoms with Crippen molar-refractivity contribution in [2.24, 2.45) is 17.8 Å². The van der Waals surface area contributed by atoms with Crippen molar-refractivity contribution in [1.82, 2.24) is 0 Å². The Bertz CT molecular complexity index is 510. The van der Waals surface area contributed by atoms with Crippen LogP contribution in [0.3, 0.4) is 0 Å². The Labute approximate surface area is 114 Å². The number of hydrogen-bond acceptors (Lipinski definition) is 2. The van der Waals surface area contributed by atoms with Crippen molar-refractivity contribution in [2.45, 2.75) is 38.5 Å². The minimum Gasteiger partial charge on any atom is -0.493 e. The standard InChI is InChI=1S/C17H20O2/c18-15(17-13-2-1-3-14(13)17)6-4-11-5-7-16-12(10-11)8-9-19-16/h5,7,10,13-14,17H,1-4,6,8-9H2. The maximum Gasteiger partial charge on any atom is 0.136 e. The van der Waals surface area contributed by atoms with E-state index >= 15 is 0 Å². The SMILES string of the molecule is O=C(CCc1ccc2c(c1)CCO2)C1C2CCCC21. The van der Waals surface area contributed by atoms with Crippen LogP contribution in [0.1, 0.15) is 36.8 Å². The molecule has 0 bridgehead atoms.